The third-order valence-corrected chi connectivity index (χ3v) is 7.33. The van der Waals surface area contributed by atoms with Crippen LogP contribution in [0, 0.1) is 41.5 Å². The van der Waals surface area contributed by atoms with Gasteiger partial charge in [-0.05, 0) is 52.7 Å². The van der Waals surface area contributed by atoms with Gasteiger partial charge in [0.1, 0.15) is 0 Å². The van der Waals surface area contributed by atoms with Crippen LogP contribution in [0.2, 0.25) is 0 Å². The number of hydrogen-bond acceptors (Lipinski definition) is 3. The zero-order valence-corrected chi connectivity index (χ0v) is 13.7. The lowest BCUT2D eigenvalue weighted by Gasteiger charge is -2.04. The molecule has 17 heavy (non-hydrogen) atoms. The maximum Gasteiger partial charge on any atom is 0.0291 e. The first-order valence-corrected chi connectivity index (χ1v) is 8.17. The molecule has 3 heteroatoms. The van der Waals surface area contributed by atoms with Gasteiger partial charge in [0.05, 0.1) is 0 Å². The van der Waals surface area contributed by atoms with Crippen molar-refractivity contribution in [2.45, 2.75) is 51.3 Å². The number of aryl methyl sites for hydroxylation is 4. The van der Waals surface area contributed by atoms with Crippen molar-refractivity contribution in [1.82, 2.24) is 0 Å². The number of thiophene rings is 2. The third kappa shape index (κ3) is 2.33. The quantitative estimate of drug-likeness (QED) is 0.669. The van der Waals surface area contributed by atoms with Crippen molar-refractivity contribution in [3.05, 3.63) is 30.6 Å². The summed E-state index contributed by atoms with van der Waals surface area (Å²) in [6.45, 7) is 13.4. The van der Waals surface area contributed by atoms with E-state index in [9.17, 15) is 0 Å². The topological polar surface area (TPSA) is 0 Å². The molecule has 2 aromatic rings. The fourth-order valence-corrected chi connectivity index (χ4v) is 5.61. The molecule has 0 amide bonds. The zero-order chi connectivity index (χ0) is 12.7. The van der Waals surface area contributed by atoms with E-state index in [1.807, 2.05) is 34.4 Å². The molecule has 0 N–H and O–H groups in total. The van der Waals surface area contributed by atoms with Crippen LogP contribution in [-0.2, 0) is 0 Å². The van der Waals surface area contributed by atoms with Crippen LogP contribution in [0.4, 0.5) is 0 Å². The van der Waals surface area contributed by atoms with Gasteiger partial charge >= 0.3 is 0 Å². The summed E-state index contributed by atoms with van der Waals surface area (Å²) in [7, 11) is 0. The smallest absolute Gasteiger partial charge is 0.0291 e. The molecule has 0 bridgehead atoms. The summed E-state index contributed by atoms with van der Waals surface area (Å²) in [5.41, 5.74) is 2.92. The zero-order valence-electron chi connectivity index (χ0n) is 11.2. The highest BCUT2D eigenvalue weighted by Gasteiger charge is 2.15. The van der Waals surface area contributed by atoms with E-state index in [1.165, 1.54) is 40.4 Å². The maximum absolute atomic E-state index is 2.24. The van der Waals surface area contributed by atoms with Gasteiger partial charge in [-0.15, -0.1) is 22.7 Å². The minimum Gasteiger partial charge on any atom is -0.145 e. The van der Waals surface area contributed by atoms with Crippen molar-refractivity contribution < 1.29 is 0 Å². The highest BCUT2D eigenvalue weighted by molar-refractivity contribution is 7.99. The van der Waals surface area contributed by atoms with Crippen LogP contribution < -0.4 is 0 Å². The molecule has 0 atom stereocenters. The molecule has 0 fully saturated rings. The third-order valence-electron chi connectivity index (χ3n) is 3.19. The van der Waals surface area contributed by atoms with Gasteiger partial charge in [0.25, 0.3) is 0 Å². The average molecular weight is 282 g/mol. The summed E-state index contributed by atoms with van der Waals surface area (Å²) in [4.78, 5) is 8.74. The van der Waals surface area contributed by atoms with Crippen molar-refractivity contribution in [1.29, 1.82) is 0 Å². The Labute approximate surface area is 116 Å². The average Bonchev–Trinajstić information content (AvgIpc) is 2.62. The molecule has 0 spiro atoms. The molecular formula is C14H18S3. The predicted molar refractivity (Wildman–Crippen MR) is 81.2 cm³/mol. The van der Waals surface area contributed by atoms with Crippen LogP contribution in [0.25, 0.3) is 0 Å². The van der Waals surface area contributed by atoms with E-state index in [1.54, 1.807) is 0 Å². The lowest BCUT2D eigenvalue weighted by molar-refractivity contribution is 1.24. The summed E-state index contributed by atoms with van der Waals surface area (Å²) >= 11 is 5.79. The van der Waals surface area contributed by atoms with Gasteiger partial charge in [0, 0.05) is 29.3 Å². The summed E-state index contributed by atoms with van der Waals surface area (Å²) in [5, 5.41) is 0. The Bertz CT molecular complexity index is 508. The van der Waals surface area contributed by atoms with E-state index in [2.05, 4.69) is 41.5 Å². The second kappa shape index (κ2) is 4.79. The van der Waals surface area contributed by atoms with E-state index in [4.69, 9.17) is 0 Å². The van der Waals surface area contributed by atoms with Gasteiger partial charge < -0.3 is 0 Å². The molecule has 2 rings (SSSR count). The van der Waals surface area contributed by atoms with Gasteiger partial charge in [-0.2, -0.15) is 0 Å². The molecule has 0 saturated heterocycles. The normalized spacial score (nSPS) is 11.2. The lowest BCUT2D eigenvalue weighted by Crippen LogP contribution is -1.81. The molecule has 0 radical (unpaired) electrons. The van der Waals surface area contributed by atoms with E-state index in [-0.39, 0.29) is 0 Å². The molecule has 0 aliphatic rings. The van der Waals surface area contributed by atoms with Crippen LogP contribution in [-0.4, -0.2) is 0 Å². The predicted octanol–water partition coefficient (Wildman–Crippen LogP) is 5.81. The molecule has 92 valence electrons. The molecule has 0 nitrogen and oxygen atoms in total. The fourth-order valence-electron chi connectivity index (χ4n) is 1.95. The highest BCUT2D eigenvalue weighted by Crippen LogP contribution is 2.43. The molecule has 0 aliphatic heterocycles. The van der Waals surface area contributed by atoms with Crippen LogP contribution in [0.15, 0.2) is 9.79 Å². The standard InChI is InChI=1S/C14H18S3/c1-7-9(3)15-11(5)13(7)17-14-8(2)10(4)16-12(14)6/h1-6H3. The fraction of sp³-hybridized carbons (Fsp3) is 0.429. The largest absolute Gasteiger partial charge is 0.145 e. The minimum atomic E-state index is 1.45. The Hall–Kier alpha value is -0.250. The summed E-state index contributed by atoms with van der Waals surface area (Å²) in [6.07, 6.45) is 0. The molecule has 0 aromatic carbocycles. The minimum absolute atomic E-state index is 1.45. The van der Waals surface area contributed by atoms with Gasteiger partial charge in [-0.3, -0.25) is 0 Å². The summed E-state index contributed by atoms with van der Waals surface area (Å²) in [5.74, 6) is 0. The number of rotatable bonds is 2. The SMILES string of the molecule is Cc1sc(C)c(Sc2c(C)sc(C)c2C)c1C. The Kier molecular flexibility index (Phi) is 3.71. The molecular weight excluding hydrogens is 264 g/mol. The first-order valence-electron chi connectivity index (χ1n) is 5.72. The van der Waals surface area contributed by atoms with Crippen molar-refractivity contribution in [2.24, 2.45) is 0 Å². The monoisotopic (exact) mass is 282 g/mol. The molecule has 2 heterocycles. The Morgan fingerprint density at radius 1 is 0.588 bits per heavy atom. The molecule has 0 unspecified atom stereocenters. The Morgan fingerprint density at radius 3 is 1.18 bits per heavy atom. The Balaban J connectivity index is 2.44. The van der Waals surface area contributed by atoms with Crippen molar-refractivity contribution in [3.63, 3.8) is 0 Å². The van der Waals surface area contributed by atoms with Gasteiger partial charge in [-0.25, -0.2) is 0 Å². The van der Waals surface area contributed by atoms with Crippen molar-refractivity contribution in [2.75, 3.05) is 0 Å². The summed E-state index contributed by atoms with van der Waals surface area (Å²) < 4.78 is 0. The summed E-state index contributed by atoms with van der Waals surface area (Å²) in [6, 6.07) is 0. The lowest BCUT2D eigenvalue weighted by atomic mass is 10.3. The highest BCUT2D eigenvalue weighted by atomic mass is 32.2. The van der Waals surface area contributed by atoms with E-state index >= 15 is 0 Å². The maximum atomic E-state index is 2.24. The second-order valence-corrected chi connectivity index (χ2v) is 8.32. The van der Waals surface area contributed by atoms with Gasteiger partial charge in [-0.1, -0.05) is 11.8 Å². The first-order chi connectivity index (χ1) is 7.91. The van der Waals surface area contributed by atoms with Crippen molar-refractivity contribution in [3.8, 4) is 0 Å². The molecule has 0 aliphatic carbocycles. The van der Waals surface area contributed by atoms with Crippen molar-refractivity contribution >= 4 is 34.4 Å². The van der Waals surface area contributed by atoms with E-state index < -0.39 is 0 Å². The number of hydrogen-bond donors (Lipinski definition) is 0. The van der Waals surface area contributed by atoms with E-state index in [0.717, 1.165) is 0 Å². The molecule has 2 aromatic heterocycles. The van der Waals surface area contributed by atoms with Crippen LogP contribution in [0.3, 0.4) is 0 Å². The first kappa shape index (κ1) is 13.2. The van der Waals surface area contributed by atoms with Crippen LogP contribution in [0.1, 0.15) is 30.6 Å². The molecule has 0 saturated carbocycles. The Morgan fingerprint density at radius 2 is 0.941 bits per heavy atom. The second-order valence-electron chi connectivity index (χ2n) is 4.44. The van der Waals surface area contributed by atoms with Gasteiger partial charge in [0.15, 0.2) is 0 Å². The van der Waals surface area contributed by atoms with Crippen LogP contribution >= 0.6 is 34.4 Å². The van der Waals surface area contributed by atoms with Crippen LogP contribution in [0.5, 0.6) is 0 Å². The van der Waals surface area contributed by atoms with Gasteiger partial charge in [0.2, 0.25) is 0 Å². The van der Waals surface area contributed by atoms with E-state index in [0.29, 0.717) is 0 Å².